The SMILES string of the molecule is O=[N+]([O-])c1ccc(CNCCCCn2ccnc2)o1. The van der Waals surface area contributed by atoms with Gasteiger partial charge >= 0.3 is 5.88 Å². The first-order chi connectivity index (χ1) is 9.25. The summed E-state index contributed by atoms with van der Waals surface area (Å²) in [7, 11) is 0. The molecule has 102 valence electrons. The van der Waals surface area contributed by atoms with Crippen LogP contribution < -0.4 is 5.32 Å². The minimum absolute atomic E-state index is 0.211. The Labute approximate surface area is 110 Å². The summed E-state index contributed by atoms with van der Waals surface area (Å²) in [6.45, 7) is 2.32. The summed E-state index contributed by atoms with van der Waals surface area (Å²) in [5, 5.41) is 13.6. The Kier molecular flexibility index (Phi) is 4.68. The van der Waals surface area contributed by atoms with Crippen molar-refractivity contribution in [2.24, 2.45) is 0 Å². The molecule has 0 radical (unpaired) electrons. The number of aromatic nitrogens is 2. The zero-order valence-corrected chi connectivity index (χ0v) is 10.5. The summed E-state index contributed by atoms with van der Waals surface area (Å²) in [5.41, 5.74) is 0. The van der Waals surface area contributed by atoms with Crippen molar-refractivity contribution in [1.82, 2.24) is 14.9 Å². The number of unbranched alkanes of at least 4 members (excludes halogenated alkanes) is 1. The number of nitro groups is 1. The van der Waals surface area contributed by atoms with Crippen LogP contribution in [0.15, 0.2) is 35.3 Å². The van der Waals surface area contributed by atoms with Gasteiger partial charge in [-0.3, -0.25) is 10.1 Å². The van der Waals surface area contributed by atoms with Crippen LogP contribution in [0, 0.1) is 10.1 Å². The van der Waals surface area contributed by atoms with E-state index in [1.807, 2.05) is 10.8 Å². The van der Waals surface area contributed by atoms with Gasteiger partial charge in [0, 0.05) is 18.9 Å². The van der Waals surface area contributed by atoms with Gasteiger partial charge in [-0.05, 0) is 25.5 Å². The van der Waals surface area contributed by atoms with E-state index in [4.69, 9.17) is 4.42 Å². The van der Waals surface area contributed by atoms with E-state index in [1.165, 1.54) is 6.07 Å². The van der Waals surface area contributed by atoms with Crippen molar-refractivity contribution in [3.63, 3.8) is 0 Å². The summed E-state index contributed by atoms with van der Waals surface area (Å²) in [5.74, 6) is 0.373. The van der Waals surface area contributed by atoms with Gasteiger partial charge in [-0.2, -0.15) is 0 Å². The van der Waals surface area contributed by atoms with Gasteiger partial charge in [-0.25, -0.2) is 4.98 Å². The Bertz CT molecular complexity index is 507. The Morgan fingerprint density at radius 3 is 3.00 bits per heavy atom. The van der Waals surface area contributed by atoms with Crippen molar-refractivity contribution >= 4 is 5.88 Å². The van der Waals surface area contributed by atoms with Gasteiger partial charge in [0.25, 0.3) is 0 Å². The fourth-order valence-electron chi connectivity index (χ4n) is 1.73. The molecule has 0 bridgehead atoms. The van der Waals surface area contributed by atoms with Crippen molar-refractivity contribution in [3.05, 3.63) is 46.7 Å². The molecule has 0 amide bonds. The summed E-state index contributed by atoms with van der Waals surface area (Å²) >= 11 is 0. The molecule has 7 heteroatoms. The molecule has 2 aromatic heterocycles. The lowest BCUT2D eigenvalue weighted by molar-refractivity contribution is -0.402. The molecule has 7 nitrogen and oxygen atoms in total. The first-order valence-corrected chi connectivity index (χ1v) is 6.15. The third-order valence-corrected chi connectivity index (χ3v) is 2.71. The van der Waals surface area contributed by atoms with E-state index in [1.54, 1.807) is 18.6 Å². The summed E-state index contributed by atoms with van der Waals surface area (Å²) in [6, 6.07) is 2.99. The molecule has 0 aromatic carbocycles. The second kappa shape index (κ2) is 6.69. The molecule has 0 aliphatic rings. The lowest BCUT2D eigenvalue weighted by atomic mass is 10.3. The summed E-state index contributed by atoms with van der Waals surface area (Å²) < 4.78 is 7.07. The Morgan fingerprint density at radius 1 is 1.42 bits per heavy atom. The van der Waals surface area contributed by atoms with Gasteiger partial charge in [0.15, 0.2) is 0 Å². The van der Waals surface area contributed by atoms with Crippen LogP contribution in [0.4, 0.5) is 5.88 Å². The smallest absolute Gasteiger partial charge is 0.404 e. The van der Waals surface area contributed by atoms with E-state index in [0.717, 1.165) is 25.9 Å². The molecule has 0 unspecified atom stereocenters. The van der Waals surface area contributed by atoms with Crippen LogP contribution in [-0.2, 0) is 13.1 Å². The van der Waals surface area contributed by atoms with Crippen LogP contribution in [0.25, 0.3) is 0 Å². The number of nitrogens with zero attached hydrogens (tertiary/aromatic N) is 3. The largest absolute Gasteiger partial charge is 0.433 e. The Morgan fingerprint density at radius 2 is 2.32 bits per heavy atom. The van der Waals surface area contributed by atoms with Gasteiger partial charge in [0.1, 0.15) is 10.7 Å². The summed E-state index contributed by atoms with van der Waals surface area (Å²) in [4.78, 5) is 13.9. The third kappa shape index (κ3) is 4.22. The van der Waals surface area contributed by atoms with E-state index in [-0.39, 0.29) is 5.88 Å². The molecule has 0 saturated heterocycles. The van der Waals surface area contributed by atoms with Crippen molar-refractivity contribution in [2.75, 3.05) is 6.54 Å². The highest BCUT2D eigenvalue weighted by molar-refractivity contribution is 5.17. The highest BCUT2D eigenvalue weighted by Gasteiger charge is 2.10. The standard InChI is InChI=1S/C12H16N4O3/c17-16(18)12-4-3-11(19-12)9-13-5-1-2-7-15-8-6-14-10-15/h3-4,6,8,10,13H,1-2,5,7,9H2. The maximum atomic E-state index is 10.4. The highest BCUT2D eigenvalue weighted by Crippen LogP contribution is 2.15. The number of imidazole rings is 1. The molecule has 0 aliphatic carbocycles. The van der Waals surface area contributed by atoms with Crippen molar-refractivity contribution in [1.29, 1.82) is 0 Å². The fourth-order valence-corrected chi connectivity index (χ4v) is 1.73. The van der Waals surface area contributed by atoms with Gasteiger partial charge in [-0.1, -0.05) is 0 Å². The van der Waals surface area contributed by atoms with Crippen LogP contribution in [0.2, 0.25) is 0 Å². The molecule has 0 atom stereocenters. The predicted molar refractivity (Wildman–Crippen MR) is 68.5 cm³/mol. The van der Waals surface area contributed by atoms with Crippen LogP contribution in [-0.4, -0.2) is 21.0 Å². The van der Waals surface area contributed by atoms with E-state index < -0.39 is 4.92 Å². The Balaban J connectivity index is 1.57. The molecular weight excluding hydrogens is 248 g/mol. The fraction of sp³-hybridized carbons (Fsp3) is 0.417. The first-order valence-electron chi connectivity index (χ1n) is 6.15. The van der Waals surface area contributed by atoms with Crippen molar-refractivity contribution in [2.45, 2.75) is 25.9 Å². The van der Waals surface area contributed by atoms with E-state index in [2.05, 4.69) is 10.3 Å². The number of nitrogens with one attached hydrogen (secondary N) is 1. The van der Waals surface area contributed by atoms with E-state index in [0.29, 0.717) is 12.3 Å². The second-order valence-corrected chi connectivity index (χ2v) is 4.18. The normalized spacial score (nSPS) is 10.7. The average molecular weight is 264 g/mol. The molecule has 19 heavy (non-hydrogen) atoms. The van der Waals surface area contributed by atoms with Gasteiger partial charge in [-0.15, -0.1) is 0 Å². The van der Waals surface area contributed by atoms with Crippen molar-refractivity contribution in [3.8, 4) is 0 Å². The number of hydrogen-bond acceptors (Lipinski definition) is 5. The molecule has 2 rings (SSSR count). The van der Waals surface area contributed by atoms with Gasteiger partial charge in [0.05, 0.1) is 18.9 Å². The zero-order chi connectivity index (χ0) is 13.5. The average Bonchev–Trinajstić information content (AvgIpc) is 3.04. The van der Waals surface area contributed by atoms with Crippen LogP contribution in [0.1, 0.15) is 18.6 Å². The minimum Gasteiger partial charge on any atom is -0.404 e. The maximum absolute atomic E-state index is 10.4. The molecular formula is C12H16N4O3. The molecule has 2 heterocycles. The molecule has 0 aliphatic heterocycles. The highest BCUT2D eigenvalue weighted by atomic mass is 16.6. The first kappa shape index (κ1) is 13.3. The molecule has 0 fully saturated rings. The van der Waals surface area contributed by atoms with E-state index in [9.17, 15) is 10.1 Å². The number of rotatable bonds is 8. The lowest BCUT2D eigenvalue weighted by Gasteiger charge is -2.03. The minimum atomic E-state index is -0.533. The number of furan rings is 1. The summed E-state index contributed by atoms with van der Waals surface area (Å²) in [6.07, 6.45) is 7.59. The lowest BCUT2D eigenvalue weighted by Crippen LogP contribution is -2.14. The van der Waals surface area contributed by atoms with Crippen LogP contribution >= 0.6 is 0 Å². The third-order valence-electron chi connectivity index (χ3n) is 2.71. The molecule has 0 spiro atoms. The topological polar surface area (TPSA) is 86.1 Å². The quantitative estimate of drug-likeness (QED) is 0.447. The number of aryl methyl sites for hydroxylation is 1. The maximum Gasteiger partial charge on any atom is 0.433 e. The van der Waals surface area contributed by atoms with E-state index >= 15 is 0 Å². The number of hydrogen-bond donors (Lipinski definition) is 1. The Hall–Kier alpha value is -2.15. The van der Waals surface area contributed by atoms with Crippen LogP contribution in [0.3, 0.4) is 0 Å². The zero-order valence-electron chi connectivity index (χ0n) is 10.5. The van der Waals surface area contributed by atoms with Crippen LogP contribution in [0.5, 0.6) is 0 Å². The van der Waals surface area contributed by atoms with Crippen molar-refractivity contribution < 1.29 is 9.34 Å². The monoisotopic (exact) mass is 264 g/mol. The predicted octanol–water partition coefficient (Wildman–Crippen LogP) is 1.95. The van der Waals surface area contributed by atoms with Gasteiger partial charge < -0.3 is 14.3 Å². The second-order valence-electron chi connectivity index (χ2n) is 4.18. The molecule has 1 N–H and O–H groups in total. The molecule has 0 saturated carbocycles. The molecule has 2 aromatic rings. The van der Waals surface area contributed by atoms with Gasteiger partial charge in [0.2, 0.25) is 0 Å².